The predicted molar refractivity (Wildman–Crippen MR) is 84.2 cm³/mol. The molecule has 3 aromatic rings. The van der Waals surface area contributed by atoms with E-state index >= 15 is 0 Å². The summed E-state index contributed by atoms with van der Waals surface area (Å²) in [5, 5.41) is 14.4. The molecule has 1 N–H and O–H groups in total. The Kier molecular flexibility index (Phi) is 3.73. The number of phenolic OH excluding ortho intramolecular Hbond substituents is 1. The zero-order chi connectivity index (χ0) is 14.7. The highest BCUT2D eigenvalue weighted by molar-refractivity contribution is 5.69. The highest BCUT2D eigenvalue weighted by atomic mass is 16.3. The number of rotatable bonds is 4. The average Bonchev–Trinajstić information content (AvgIpc) is 2.97. The molecule has 3 nitrogen and oxygen atoms in total. The van der Waals surface area contributed by atoms with E-state index in [9.17, 15) is 5.11 Å². The van der Waals surface area contributed by atoms with Crippen LogP contribution in [0.15, 0.2) is 60.9 Å². The predicted octanol–water partition coefficient (Wildman–Crippen LogP) is 3.81. The van der Waals surface area contributed by atoms with Gasteiger partial charge < -0.3 is 5.11 Å². The van der Waals surface area contributed by atoms with Gasteiger partial charge in [-0.15, -0.1) is 0 Å². The maximum Gasteiger partial charge on any atom is 0.123 e. The van der Waals surface area contributed by atoms with Gasteiger partial charge in [0, 0.05) is 23.9 Å². The zero-order valence-corrected chi connectivity index (χ0v) is 12.0. The summed E-state index contributed by atoms with van der Waals surface area (Å²) in [4.78, 5) is 0. The van der Waals surface area contributed by atoms with Crippen LogP contribution < -0.4 is 0 Å². The Bertz CT molecular complexity index is 732. The summed E-state index contributed by atoms with van der Waals surface area (Å²) in [6.07, 6.45) is 4.73. The van der Waals surface area contributed by atoms with Crippen LogP contribution >= 0.6 is 0 Å². The second kappa shape index (κ2) is 5.83. The Morgan fingerprint density at radius 1 is 1.10 bits per heavy atom. The van der Waals surface area contributed by atoms with E-state index in [1.807, 2.05) is 36.0 Å². The summed E-state index contributed by atoms with van der Waals surface area (Å²) in [6, 6.07) is 16.0. The molecule has 0 fully saturated rings. The Balaban J connectivity index is 1.76. The number of phenols is 1. The first-order chi connectivity index (χ1) is 10.2. The van der Waals surface area contributed by atoms with Gasteiger partial charge in [-0.3, -0.25) is 4.68 Å². The van der Waals surface area contributed by atoms with E-state index in [1.165, 1.54) is 5.56 Å². The Morgan fingerprint density at radius 3 is 2.71 bits per heavy atom. The lowest BCUT2D eigenvalue weighted by Crippen LogP contribution is -2.01. The third-order valence-corrected chi connectivity index (χ3v) is 3.57. The first kappa shape index (κ1) is 13.4. The molecule has 0 radical (unpaired) electrons. The average molecular weight is 278 g/mol. The van der Waals surface area contributed by atoms with Gasteiger partial charge in [-0.2, -0.15) is 5.10 Å². The molecule has 0 saturated carbocycles. The molecule has 0 atom stereocenters. The van der Waals surface area contributed by atoms with Crippen LogP contribution in [0.3, 0.4) is 0 Å². The Labute approximate surface area is 124 Å². The molecule has 0 spiro atoms. The van der Waals surface area contributed by atoms with Gasteiger partial charge in [0.15, 0.2) is 0 Å². The van der Waals surface area contributed by atoms with Crippen molar-refractivity contribution in [3.63, 3.8) is 0 Å². The van der Waals surface area contributed by atoms with Crippen LogP contribution in [0.25, 0.3) is 11.1 Å². The molecule has 0 unspecified atom stereocenters. The molecule has 0 bridgehead atoms. The van der Waals surface area contributed by atoms with Crippen LogP contribution in [0.5, 0.6) is 5.75 Å². The van der Waals surface area contributed by atoms with Crippen molar-refractivity contribution in [2.24, 2.45) is 0 Å². The lowest BCUT2D eigenvalue weighted by molar-refractivity contribution is 0.477. The third kappa shape index (κ3) is 3.14. The second-order valence-corrected chi connectivity index (χ2v) is 5.25. The smallest absolute Gasteiger partial charge is 0.123 e. The molecule has 0 aliphatic rings. The molecule has 1 aromatic heterocycles. The molecule has 0 aliphatic carbocycles. The van der Waals surface area contributed by atoms with Crippen molar-refractivity contribution < 1.29 is 5.11 Å². The second-order valence-electron chi connectivity index (χ2n) is 5.25. The van der Waals surface area contributed by atoms with Crippen LogP contribution in [0.1, 0.15) is 11.1 Å². The van der Waals surface area contributed by atoms with Crippen molar-refractivity contribution in [1.82, 2.24) is 9.78 Å². The number of aromatic nitrogens is 2. The number of hydrogen-bond donors (Lipinski definition) is 1. The lowest BCUT2D eigenvalue weighted by Gasteiger charge is -2.03. The molecule has 3 heteroatoms. The molecule has 106 valence electrons. The van der Waals surface area contributed by atoms with E-state index in [2.05, 4.69) is 29.4 Å². The number of aromatic hydroxyl groups is 1. The fraction of sp³-hybridized carbons (Fsp3) is 0.167. The topological polar surface area (TPSA) is 38.1 Å². The van der Waals surface area contributed by atoms with Gasteiger partial charge in [-0.05, 0) is 31.0 Å². The van der Waals surface area contributed by atoms with Crippen molar-refractivity contribution in [2.75, 3.05) is 0 Å². The van der Waals surface area contributed by atoms with E-state index in [-0.39, 0.29) is 0 Å². The third-order valence-electron chi connectivity index (χ3n) is 3.57. The van der Waals surface area contributed by atoms with Crippen molar-refractivity contribution in [2.45, 2.75) is 19.9 Å². The molecule has 0 amide bonds. The number of hydrogen-bond acceptors (Lipinski definition) is 2. The summed E-state index contributed by atoms with van der Waals surface area (Å²) in [5.74, 6) is 0.295. The minimum Gasteiger partial charge on any atom is -0.507 e. The number of benzene rings is 2. The fourth-order valence-corrected chi connectivity index (χ4v) is 2.39. The quantitative estimate of drug-likeness (QED) is 0.788. The van der Waals surface area contributed by atoms with Crippen molar-refractivity contribution in [3.8, 4) is 16.9 Å². The standard InChI is InChI=1S/C18H18N2O/c1-14-7-8-18(21)17(11-14)16-12-19-20(13-16)10-9-15-5-3-2-4-6-15/h2-8,11-13,21H,9-10H2,1H3. The molecular weight excluding hydrogens is 260 g/mol. The lowest BCUT2D eigenvalue weighted by atomic mass is 10.1. The number of nitrogens with zero attached hydrogens (tertiary/aromatic N) is 2. The van der Waals surface area contributed by atoms with E-state index in [1.54, 1.807) is 12.3 Å². The number of aryl methyl sites for hydroxylation is 3. The minimum atomic E-state index is 0.295. The van der Waals surface area contributed by atoms with Gasteiger partial charge in [-0.1, -0.05) is 42.0 Å². The summed E-state index contributed by atoms with van der Waals surface area (Å²) >= 11 is 0. The molecule has 0 aliphatic heterocycles. The summed E-state index contributed by atoms with van der Waals surface area (Å²) in [5.41, 5.74) is 4.21. The Morgan fingerprint density at radius 2 is 1.90 bits per heavy atom. The molecule has 3 rings (SSSR count). The van der Waals surface area contributed by atoms with Crippen LogP contribution in [-0.4, -0.2) is 14.9 Å². The first-order valence-corrected chi connectivity index (χ1v) is 7.09. The largest absolute Gasteiger partial charge is 0.507 e. The summed E-state index contributed by atoms with van der Waals surface area (Å²) in [7, 11) is 0. The maximum absolute atomic E-state index is 9.97. The van der Waals surface area contributed by atoms with Gasteiger partial charge in [0.05, 0.1) is 6.20 Å². The van der Waals surface area contributed by atoms with Crippen molar-refractivity contribution >= 4 is 0 Å². The summed E-state index contributed by atoms with van der Waals surface area (Å²) in [6.45, 7) is 2.85. The molecule has 2 aromatic carbocycles. The van der Waals surface area contributed by atoms with Gasteiger partial charge in [0.1, 0.15) is 5.75 Å². The monoisotopic (exact) mass is 278 g/mol. The van der Waals surface area contributed by atoms with E-state index in [0.717, 1.165) is 29.7 Å². The SMILES string of the molecule is Cc1ccc(O)c(-c2cnn(CCc3ccccc3)c2)c1. The van der Waals surface area contributed by atoms with E-state index in [4.69, 9.17) is 0 Å². The van der Waals surface area contributed by atoms with Gasteiger partial charge >= 0.3 is 0 Å². The zero-order valence-electron chi connectivity index (χ0n) is 12.0. The van der Waals surface area contributed by atoms with Crippen LogP contribution in [0.4, 0.5) is 0 Å². The first-order valence-electron chi connectivity index (χ1n) is 7.09. The van der Waals surface area contributed by atoms with Crippen molar-refractivity contribution in [1.29, 1.82) is 0 Å². The fourth-order valence-electron chi connectivity index (χ4n) is 2.39. The van der Waals surface area contributed by atoms with Gasteiger partial charge in [-0.25, -0.2) is 0 Å². The Hall–Kier alpha value is -2.55. The summed E-state index contributed by atoms with van der Waals surface area (Å²) < 4.78 is 1.92. The van der Waals surface area contributed by atoms with Crippen LogP contribution in [0.2, 0.25) is 0 Å². The molecule has 0 saturated heterocycles. The maximum atomic E-state index is 9.97. The minimum absolute atomic E-state index is 0.295. The van der Waals surface area contributed by atoms with Gasteiger partial charge in [0.2, 0.25) is 0 Å². The molecule has 21 heavy (non-hydrogen) atoms. The molecular formula is C18H18N2O. The van der Waals surface area contributed by atoms with Crippen LogP contribution in [0, 0.1) is 6.92 Å². The van der Waals surface area contributed by atoms with Gasteiger partial charge in [0.25, 0.3) is 0 Å². The van der Waals surface area contributed by atoms with E-state index in [0.29, 0.717) is 5.75 Å². The molecule has 1 heterocycles. The highest BCUT2D eigenvalue weighted by Crippen LogP contribution is 2.29. The van der Waals surface area contributed by atoms with E-state index < -0.39 is 0 Å². The normalized spacial score (nSPS) is 10.7. The van der Waals surface area contributed by atoms with Crippen molar-refractivity contribution in [3.05, 3.63) is 72.1 Å². The van der Waals surface area contributed by atoms with Crippen LogP contribution in [-0.2, 0) is 13.0 Å². The highest BCUT2D eigenvalue weighted by Gasteiger charge is 2.07.